The monoisotopic (exact) mass is 289 g/mol. The summed E-state index contributed by atoms with van der Waals surface area (Å²) in [5, 5.41) is 5.77. The van der Waals surface area contributed by atoms with Gasteiger partial charge in [0.15, 0.2) is 0 Å². The summed E-state index contributed by atoms with van der Waals surface area (Å²) in [4.78, 5) is 1.39. The normalized spacial score (nSPS) is 16.4. The third-order valence-corrected chi connectivity index (χ3v) is 4.69. The van der Waals surface area contributed by atoms with Crippen LogP contribution in [0.2, 0.25) is 0 Å². The average Bonchev–Trinajstić information content (AvgIpc) is 2.50. The molecule has 0 aliphatic carbocycles. The molecule has 1 nitrogen and oxygen atoms in total. The highest BCUT2D eigenvalue weighted by molar-refractivity contribution is 9.10. The zero-order valence-corrected chi connectivity index (χ0v) is 12.5. The van der Waals surface area contributed by atoms with Crippen molar-refractivity contribution in [1.29, 1.82) is 0 Å². The highest BCUT2D eigenvalue weighted by atomic mass is 79.9. The van der Waals surface area contributed by atoms with Crippen LogP contribution in [0.1, 0.15) is 45.5 Å². The van der Waals surface area contributed by atoms with Gasteiger partial charge in [-0.05, 0) is 41.3 Å². The standard InChI is InChI=1S/C12H20BrNS/c1-8(11-6-10(13)7-15-11)14-9(2)12(3,4)5/h6-9,14H,1-5H3. The van der Waals surface area contributed by atoms with Crippen molar-refractivity contribution in [3.8, 4) is 0 Å². The van der Waals surface area contributed by atoms with E-state index in [1.807, 2.05) is 0 Å². The smallest absolute Gasteiger partial charge is 0.0388 e. The Morgan fingerprint density at radius 3 is 2.33 bits per heavy atom. The van der Waals surface area contributed by atoms with E-state index in [9.17, 15) is 0 Å². The minimum Gasteiger partial charge on any atom is -0.306 e. The van der Waals surface area contributed by atoms with Crippen molar-refractivity contribution in [3.05, 3.63) is 20.8 Å². The molecule has 0 radical (unpaired) electrons. The molecule has 3 heteroatoms. The zero-order chi connectivity index (χ0) is 11.6. The van der Waals surface area contributed by atoms with Crippen molar-refractivity contribution in [1.82, 2.24) is 5.32 Å². The summed E-state index contributed by atoms with van der Waals surface area (Å²) >= 11 is 5.29. The summed E-state index contributed by atoms with van der Waals surface area (Å²) in [5.74, 6) is 0. The summed E-state index contributed by atoms with van der Waals surface area (Å²) < 4.78 is 1.18. The fourth-order valence-corrected chi connectivity index (χ4v) is 2.72. The van der Waals surface area contributed by atoms with Crippen molar-refractivity contribution in [2.24, 2.45) is 5.41 Å². The molecule has 0 spiro atoms. The number of hydrogen-bond acceptors (Lipinski definition) is 2. The third-order valence-electron chi connectivity index (χ3n) is 2.81. The maximum atomic E-state index is 3.64. The van der Waals surface area contributed by atoms with Gasteiger partial charge in [-0.1, -0.05) is 20.8 Å². The number of hydrogen-bond donors (Lipinski definition) is 1. The van der Waals surface area contributed by atoms with Crippen molar-refractivity contribution in [2.45, 2.75) is 46.7 Å². The summed E-state index contributed by atoms with van der Waals surface area (Å²) in [5.41, 5.74) is 0.308. The van der Waals surface area contributed by atoms with E-state index in [-0.39, 0.29) is 0 Å². The van der Waals surface area contributed by atoms with E-state index in [0.29, 0.717) is 17.5 Å². The topological polar surface area (TPSA) is 12.0 Å². The van der Waals surface area contributed by atoms with E-state index in [0.717, 1.165) is 0 Å². The first-order chi connectivity index (χ1) is 6.80. The maximum absolute atomic E-state index is 3.64. The number of thiophene rings is 1. The van der Waals surface area contributed by atoms with Crippen LogP contribution in [0.25, 0.3) is 0 Å². The summed E-state index contributed by atoms with van der Waals surface area (Å²) in [6.45, 7) is 11.3. The molecule has 0 aromatic carbocycles. The molecule has 2 unspecified atom stereocenters. The molecule has 0 saturated carbocycles. The molecule has 0 fully saturated rings. The Labute approximate surface area is 105 Å². The van der Waals surface area contributed by atoms with Crippen LogP contribution in [0.4, 0.5) is 0 Å². The van der Waals surface area contributed by atoms with Gasteiger partial charge < -0.3 is 5.32 Å². The second-order valence-corrected chi connectivity index (χ2v) is 7.00. The van der Waals surface area contributed by atoms with Crippen LogP contribution in [0.5, 0.6) is 0 Å². The summed E-state index contributed by atoms with van der Waals surface area (Å²) in [7, 11) is 0. The molecule has 1 N–H and O–H groups in total. The van der Waals surface area contributed by atoms with Crippen LogP contribution in [0.15, 0.2) is 15.9 Å². The predicted octanol–water partition coefficient (Wildman–Crippen LogP) is 4.60. The molecule has 86 valence electrons. The minimum absolute atomic E-state index is 0.308. The summed E-state index contributed by atoms with van der Waals surface area (Å²) in [6, 6.07) is 3.13. The molecule has 0 aliphatic heterocycles. The van der Waals surface area contributed by atoms with Gasteiger partial charge in [-0.25, -0.2) is 0 Å². The third kappa shape index (κ3) is 3.89. The van der Waals surface area contributed by atoms with Gasteiger partial charge in [-0.15, -0.1) is 11.3 Å². The fraction of sp³-hybridized carbons (Fsp3) is 0.667. The van der Waals surface area contributed by atoms with Crippen LogP contribution >= 0.6 is 27.3 Å². The average molecular weight is 290 g/mol. The first-order valence-electron chi connectivity index (χ1n) is 5.30. The number of rotatable bonds is 3. The lowest BCUT2D eigenvalue weighted by molar-refractivity contribution is 0.269. The van der Waals surface area contributed by atoms with Gasteiger partial charge in [0.1, 0.15) is 0 Å². The number of nitrogens with one attached hydrogen (secondary N) is 1. The molecule has 1 heterocycles. The Morgan fingerprint density at radius 1 is 1.33 bits per heavy atom. The van der Waals surface area contributed by atoms with E-state index >= 15 is 0 Å². The van der Waals surface area contributed by atoms with Gasteiger partial charge >= 0.3 is 0 Å². The molecular formula is C12H20BrNS. The van der Waals surface area contributed by atoms with Gasteiger partial charge in [-0.2, -0.15) is 0 Å². The van der Waals surface area contributed by atoms with Crippen molar-refractivity contribution in [2.75, 3.05) is 0 Å². The minimum atomic E-state index is 0.308. The molecule has 0 aliphatic rings. The SMILES string of the molecule is CC(NC(C)C(C)(C)C)c1cc(Br)cs1. The van der Waals surface area contributed by atoms with Gasteiger partial charge in [0.05, 0.1) is 0 Å². The Morgan fingerprint density at radius 2 is 1.93 bits per heavy atom. The molecule has 0 saturated heterocycles. The Balaban J connectivity index is 2.60. The van der Waals surface area contributed by atoms with Gasteiger partial charge in [0.25, 0.3) is 0 Å². The fourth-order valence-electron chi connectivity index (χ4n) is 1.26. The molecule has 2 atom stereocenters. The van der Waals surface area contributed by atoms with Crippen LogP contribution < -0.4 is 5.32 Å². The van der Waals surface area contributed by atoms with Gasteiger partial charge in [0, 0.05) is 26.8 Å². The largest absolute Gasteiger partial charge is 0.306 e. The number of halogens is 1. The van der Waals surface area contributed by atoms with E-state index < -0.39 is 0 Å². The van der Waals surface area contributed by atoms with Crippen LogP contribution in [0, 0.1) is 5.41 Å². The van der Waals surface area contributed by atoms with Crippen LogP contribution in [-0.2, 0) is 0 Å². The molecular weight excluding hydrogens is 270 g/mol. The van der Waals surface area contributed by atoms with Crippen molar-refractivity contribution >= 4 is 27.3 Å². The lowest BCUT2D eigenvalue weighted by Crippen LogP contribution is -2.38. The highest BCUT2D eigenvalue weighted by Gasteiger charge is 2.22. The lowest BCUT2D eigenvalue weighted by Gasteiger charge is -2.30. The first-order valence-corrected chi connectivity index (χ1v) is 6.98. The van der Waals surface area contributed by atoms with Crippen LogP contribution in [0.3, 0.4) is 0 Å². The van der Waals surface area contributed by atoms with Crippen molar-refractivity contribution < 1.29 is 0 Å². The second kappa shape index (κ2) is 4.98. The van der Waals surface area contributed by atoms with Crippen LogP contribution in [-0.4, -0.2) is 6.04 Å². The predicted molar refractivity (Wildman–Crippen MR) is 72.5 cm³/mol. The molecule has 1 rings (SSSR count). The van der Waals surface area contributed by atoms with E-state index in [4.69, 9.17) is 0 Å². The molecule has 1 aromatic rings. The molecule has 1 aromatic heterocycles. The molecule has 0 bridgehead atoms. The Bertz CT molecular complexity index is 314. The molecule has 0 amide bonds. The van der Waals surface area contributed by atoms with E-state index in [1.54, 1.807) is 11.3 Å². The zero-order valence-electron chi connectivity index (χ0n) is 10.1. The Kier molecular flexibility index (Phi) is 4.38. The van der Waals surface area contributed by atoms with E-state index in [2.05, 4.69) is 67.3 Å². The Hall–Kier alpha value is 0.140. The summed E-state index contributed by atoms with van der Waals surface area (Å²) in [6.07, 6.45) is 0. The molecule has 15 heavy (non-hydrogen) atoms. The van der Waals surface area contributed by atoms with Gasteiger partial charge in [0.2, 0.25) is 0 Å². The maximum Gasteiger partial charge on any atom is 0.0388 e. The van der Waals surface area contributed by atoms with E-state index in [1.165, 1.54) is 9.35 Å². The first kappa shape index (κ1) is 13.2. The second-order valence-electron chi connectivity index (χ2n) is 5.14. The van der Waals surface area contributed by atoms with Crippen molar-refractivity contribution in [3.63, 3.8) is 0 Å². The van der Waals surface area contributed by atoms with Gasteiger partial charge in [-0.3, -0.25) is 0 Å². The quantitative estimate of drug-likeness (QED) is 0.858. The lowest BCUT2D eigenvalue weighted by atomic mass is 9.87. The highest BCUT2D eigenvalue weighted by Crippen LogP contribution is 2.27.